The van der Waals surface area contributed by atoms with Crippen molar-refractivity contribution in [2.75, 3.05) is 39.8 Å². The maximum absolute atomic E-state index is 13.8. The van der Waals surface area contributed by atoms with Crippen LogP contribution in [0.15, 0.2) is 48.5 Å². The third kappa shape index (κ3) is 4.18. The molecule has 3 heterocycles. The number of nitrogens with one attached hydrogen (secondary N) is 1. The van der Waals surface area contributed by atoms with Crippen LogP contribution >= 0.6 is 0 Å². The van der Waals surface area contributed by atoms with Gasteiger partial charge in [0.1, 0.15) is 11.8 Å². The van der Waals surface area contributed by atoms with Gasteiger partial charge in [0.2, 0.25) is 11.8 Å². The molecule has 7 heteroatoms. The number of nitrogens with zero attached hydrogens (tertiary/aromatic N) is 3. The van der Waals surface area contributed by atoms with Crippen LogP contribution in [-0.4, -0.2) is 77.4 Å². The van der Waals surface area contributed by atoms with E-state index < -0.39 is 6.04 Å². The number of carbonyl (C=O) groups is 2. The largest absolute Gasteiger partial charge is 0.497 e. The van der Waals surface area contributed by atoms with E-state index in [9.17, 15) is 9.59 Å². The van der Waals surface area contributed by atoms with E-state index in [0.29, 0.717) is 13.0 Å². The molecule has 2 aliphatic rings. The summed E-state index contributed by atoms with van der Waals surface area (Å²) in [5, 5.41) is 1.12. The molecular formula is C28H34N4O3. The average molecular weight is 475 g/mol. The first-order valence-corrected chi connectivity index (χ1v) is 12.6. The van der Waals surface area contributed by atoms with Crippen LogP contribution in [0.2, 0.25) is 0 Å². The molecule has 3 aromatic rings. The highest BCUT2D eigenvalue weighted by Gasteiger charge is 2.48. The fraction of sp³-hybridized carbons (Fsp3) is 0.429. The van der Waals surface area contributed by atoms with E-state index >= 15 is 0 Å². The predicted octanol–water partition coefficient (Wildman–Crippen LogP) is 3.59. The van der Waals surface area contributed by atoms with Crippen LogP contribution in [0.3, 0.4) is 0 Å². The Balaban J connectivity index is 1.52. The van der Waals surface area contributed by atoms with Gasteiger partial charge >= 0.3 is 0 Å². The summed E-state index contributed by atoms with van der Waals surface area (Å²) in [4.78, 5) is 36.9. The summed E-state index contributed by atoms with van der Waals surface area (Å²) >= 11 is 0. The van der Waals surface area contributed by atoms with Crippen molar-refractivity contribution in [2.24, 2.45) is 0 Å². The zero-order valence-corrected chi connectivity index (χ0v) is 20.8. The van der Waals surface area contributed by atoms with Crippen molar-refractivity contribution >= 4 is 22.7 Å². The summed E-state index contributed by atoms with van der Waals surface area (Å²) in [7, 11) is 1.64. The molecule has 0 radical (unpaired) electrons. The maximum atomic E-state index is 13.8. The number of hydrogen-bond donors (Lipinski definition) is 1. The number of rotatable bonds is 8. The van der Waals surface area contributed by atoms with E-state index in [0.717, 1.165) is 59.5 Å². The lowest BCUT2D eigenvalue weighted by atomic mass is 9.86. The number of aromatic amines is 1. The molecule has 1 fully saturated rings. The number of H-pyrrole nitrogens is 1. The highest BCUT2D eigenvalue weighted by molar-refractivity contribution is 5.97. The molecule has 184 valence electrons. The first-order chi connectivity index (χ1) is 17.0. The summed E-state index contributed by atoms with van der Waals surface area (Å²) in [5.41, 5.74) is 4.09. The monoisotopic (exact) mass is 474 g/mol. The highest BCUT2D eigenvalue weighted by Crippen LogP contribution is 2.43. The molecule has 0 spiro atoms. The minimum absolute atomic E-state index is 0.00503. The molecule has 5 rings (SSSR count). The van der Waals surface area contributed by atoms with E-state index in [2.05, 4.69) is 35.9 Å². The van der Waals surface area contributed by atoms with Gasteiger partial charge in [-0.25, -0.2) is 0 Å². The molecule has 0 saturated carbocycles. The van der Waals surface area contributed by atoms with Crippen molar-refractivity contribution in [2.45, 2.75) is 38.8 Å². The molecule has 2 unspecified atom stereocenters. The van der Waals surface area contributed by atoms with E-state index in [-0.39, 0.29) is 24.4 Å². The van der Waals surface area contributed by atoms with E-state index in [1.165, 1.54) is 0 Å². The molecule has 35 heavy (non-hydrogen) atoms. The number of ether oxygens (including phenoxy) is 1. The van der Waals surface area contributed by atoms with Crippen molar-refractivity contribution < 1.29 is 14.3 Å². The molecule has 1 aromatic heterocycles. The maximum Gasteiger partial charge on any atom is 0.246 e. The number of hydrogen-bond acceptors (Lipinski definition) is 4. The molecule has 7 nitrogen and oxygen atoms in total. The fourth-order valence-corrected chi connectivity index (χ4v) is 5.70. The van der Waals surface area contributed by atoms with Crippen LogP contribution in [0.4, 0.5) is 0 Å². The summed E-state index contributed by atoms with van der Waals surface area (Å²) in [6.07, 6.45) is 1.39. The lowest BCUT2D eigenvalue weighted by Gasteiger charge is -2.47. The van der Waals surface area contributed by atoms with Gasteiger partial charge in [0.15, 0.2) is 0 Å². The van der Waals surface area contributed by atoms with Crippen molar-refractivity contribution in [3.05, 3.63) is 65.4 Å². The Morgan fingerprint density at radius 1 is 1.09 bits per heavy atom. The van der Waals surface area contributed by atoms with Crippen LogP contribution in [-0.2, 0) is 16.0 Å². The normalized spacial score (nSPS) is 19.9. The van der Waals surface area contributed by atoms with Crippen LogP contribution in [0, 0.1) is 0 Å². The number of piperazine rings is 1. The summed E-state index contributed by atoms with van der Waals surface area (Å²) < 4.78 is 5.48. The second-order valence-corrected chi connectivity index (χ2v) is 9.40. The number of para-hydroxylation sites is 1. The lowest BCUT2D eigenvalue weighted by Crippen LogP contribution is -2.63. The molecule has 1 saturated heterocycles. The molecular weight excluding hydrogens is 440 g/mol. The molecule has 2 aromatic carbocycles. The molecule has 2 aliphatic heterocycles. The standard InChI is InChI=1S/C28H34N4O3/c1-4-30(5-2)14-9-15-31-18-25(33)32-24(28(31)34)17-22-21-12-6-7-13-23(21)29-26(22)27(32)19-10-8-11-20(16-19)35-3/h6-8,10-13,16,24,27,29H,4-5,9,14-15,17-18H2,1-3H3. The Morgan fingerprint density at radius 2 is 1.89 bits per heavy atom. The Kier molecular flexibility index (Phi) is 6.52. The Morgan fingerprint density at radius 3 is 2.66 bits per heavy atom. The van der Waals surface area contributed by atoms with Crippen molar-refractivity contribution in [3.63, 3.8) is 0 Å². The molecule has 0 bridgehead atoms. The fourth-order valence-electron chi connectivity index (χ4n) is 5.70. The number of benzene rings is 2. The SMILES string of the molecule is CCN(CC)CCCN1CC(=O)N2C(Cc3c([nH]c4ccccc34)C2c2cccc(OC)c2)C1=O. The Labute approximate surface area is 206 Å². The first-order valence-electron chi connectivity index (χ1n) is 12.6. The van der Waals surface area contributed by atoms with Gasteiger partial charge in [-0.2, -0.15) is 0 Å². The second kappa shape index (κ2) is 9.74. The van der Waals surface area contributed by atoms with Crippen LogP contribution < -0.4 is 4.74 Å². The number of aromatic nitrogens is 1. The Hall–Kier alpha value is -3.32. The van der Waals surface area contributed by atoms with Crippen LogP contribution in [0.1, 0.15) is 43.1 Å². The van der Waals surface area contributed by atoms with Gasteiger partial charge in [-0.05, 0) is 55.4 Å². The number of amides is 2. The van der Waals surface area contributed by atoms with E-state index in [4.69, 9.17) is 4.74 Å². The topological polar surface area (TPSA) is 68.9 Å². The number of fused-ring (bicyclic) bond motifs is 4. The van der Waals surface area contributed by atoms with Gasteiger partial charge in [-0.1, -0.05) is 44.2 Å². The molecule has 2 amide bonds. The zero-order valence-electron chi connectivity index (χ0n) is 20.8. The summed E-state index contributed by atoms with van der Waals surface area (Å²) in [5.74, 6) is 0.777. The van der Waals surface area contributed by atoms with Crippen LogP contribution in [0.5, 0.6) is 5.75 Å². The molecule has 0 aliphatic carbocycles. The van der Waals surface area contributed by atoms with Gasteiger partial charge in [0.25, 0.3) is 0 Å². The van der Waals surface area contributed by atoms with Crippen molar-refractivity contribution in [1.82, 2.24) is 19.7 Å². The third-order valence-electron chi connectivity index (χ3n) is 7.55. The number of methoxy groups -OCH3 is 1. The van der Waals surface area contributed by atoms with Crippen LogP contribution in [0.25, 0.3) is 10.9 Å². The smallest absolute Gasteiger partial charge is 0.246 e. The van der Waals surface area contributed by atoms with Gasteiger partial charge in [0, 0.05) is 29.6 Å². The van der Waals surface area contributed by atoms with Crippen molar-refractivity contribution in [3.8, 4) is 5.75 Å². The van der Waals surface area contributed by atoms with Gasteiger partial charge < -0.3 is 24.4 Å². The van der Waals surface area contributed by atoms with Crippen molar-refractivity contribution in [1.29, 1.82) is 0 Å². The molecule has 1 N–H and O–H groups in total. The summed E-state index contributed by atoms with van der Waals surface area (Å²) in [6.45, 7) is 7.95. The molecule has 2 atom stereocenters. The minimum atomic E-state index is -0.507. The Bertz CT molecular complexity index is 1230. The minimum Gasteiger partial charge on any atom is -0.497 e. The lowest BCUT2D eigenvalue weighted by molar-refractivity contribution is -0.158. The van der Waals surface area contributed by atoms with Gasteiger partial charge in [-0.3, -0.25) is 9.59 Å². The van der Waals surface area contributed by atoms with E-state index in [1.54, 1.807) is 12.0 Å². The first kappa shape index (κ1) is 23.4. The second-order valence-electron chi connectivity index (χ2n) is 9.40. The number of carbonyl (C=O) groups excluding carboxylic acids is 2. The average Bonchev–Trinajstić information content (AvgIpc) is 3.26. The summed E-state index contributed by atoms with van der Waals surface area (Å²) in [6, 6.07) is 15.1. The quantitative estimate of drug-likeness (QED) is 0.542. The third-order valence-corrected chi connectivity index (χ3v) is 7.55. The zero-order chi connectivity index (χ0) is 24.5. The highest BCUT2D eigenvalue weighted by atomic mass is 16.5. The van der Waals surface area contributed by atoms with Gasteiger partial charge in [0.05, 0.1) is 19.7 Å². The predicted molar refractivity (Wildman–Crippen MR) is 136 cm³/mol. The van der Waals surface area contributed by atoms with Gasteiger partial charge in [-0.15, -0.1) is 0 Å². The van der Waals surface area contributed by atoms with E-state index in [1.807, 2.05) is 41.3 Å².